The van der Waals surface area contributed by atoms with Crippen molar-refractivity contribution in [3.05, 3.63) is 40.1 Å². The van der Waals surface area contributed by atoms with Gasteiger partial charge in [-0.25, -0.2) is 14.8 Å². The van der Waals surface area contributed by atoms with E-state index in [1.54, 1.807) is 11.6 Å². The number of halogens is 1. The molecule has 0 amide bonds. The normalized spacial score (nSPS) is 12.3. The van der Waals surface area contributed by atoms with Crippen LogP contribution in [0.1, 0.15) is 28.2 Å². The van der Waals surface area contributed by atoms with E-state index in [-0.39, 0.29) is 11.2 Å². The Morgan fingerprint density at radius 3 is 2.92 bits per heavy atom. The van der Waals surface area contributed by atoms with Crippen molar-refractivity contribution in [1.82, 2.24) is 15.0 Å². The predicted octanol–water partition coefficient (Wildman–Crippen LogP) is 3.96. The molecule has 0 aliphatic rings. The van der Waals surface area contributed by atoms with Crippen LogP contribution in [0.4, 0.5) is 5.82 Å². The summed E-state index contributed by atoms with van der Waals surface area (Å²) in [4.78, 5) is 24.6. The highest BCUT2D eigenvalue weighted by atomic mass is 35.5. The van der Waals surface area contributed by atoms with Gasteiger partial charge in [0.1, 0.15) is 11.0 Å². The van der Waals surface area contributed by atoms with Gasteiger partial charge in [-0.2, -0.15) is 0 Å². The molecule has 2 N–H and O–H groups in total. The van der Waals surface area contributed by atoms with Crippen molar-refractivity contribution in [1.29, 1.82) is 0 Å². The molecule has 0 aromatic carbocycles. The zero-order valence-corrected chi connectivity index (χ0v) is 15.2. The molecule has 24 heavy (non-hydrogen) atoms. The predicted molar refractivity (Wildman–Crippen MR) is 96.7 cm³/mol. The molecule has 0 saturated heterocycles. The lowest BCUT2D eigenvalue weighted by molar-refractivity contribution is 0.0603. The maximum atomic E-state index is 11.8. The van der Waals surface area contributed by atoms with Crippen molar-refractivity contribution >= 4 is 56.6 Å². The number of thioether (sulfide) groups is 1. The van der Waals surface area contributed by atoms with Crippen LogP contribution in [-0.4, -0.2) is 28.0 Å². The fourth-order valence-electron chi connectivity index (χ4n) is 2.12. The van der Waals surface area contributed by atoms with E-state index in [1.165, 1.54) is 36.3 Å². The number of rotatable bonds is 4. The fourth-order valence-corrected chi connectivity index (χ4v) is 4.12. The Morgan fingerprint density at radius 2 is 2.21 bits per heavy atom. The molecule has 3 aromatic heterocycles. The summed E-state index contributed by atoms with van der Waals surface area (Å²) >= 11 is 8.76. The number of nitrogens with two attached hydrogens (primary N) is 1. The third-order valence-electron chi connectivity index (χ3n) is 3.28. The van der Waals surface area contributed by atoms with E-state index in [1.807, 2.05) is 13.0 Å². The van der Waals surface area contributed by atoms with Crippen molar-refractivity contribution in [3.8, 4) is 0 Å². The first-order chi connectivity index (χ1) is 11.5. The van der Waals surface area contributed by atoms with E-state index in [0.717, 1.165) is 15.8 Å². The number of pyridine rings is 1. The Morgan fingerprint density at radius 1 is 1.42 bits per heavy atom. The number of nitrogen functional groups attached to an aromatic ring is 1. The van der Waals surface area contributed by atoms with E-state index in [0.29, 0.717) is 21.7 Å². The minimum atomic E-state index is -0.357. The fraction of sp³-hybridized carbons (Fsp3) is 0.200. The second-order valence-electron chi connectivity index (χ2n) is 4.90. The van der Waals surface area contributed by atoms with Gasteiger partial charge < -0.3 is 10.5 Å². The summed E-state index contributed by atoms with van der Waals surface area (Å²) in [6.45, 7) is 1.98. The van der Waals surface area contributed by atoms with Gasteiger partial charge in [0, 0.05) is 23.0 Å². The van der Waals surface area contributed by atoms with Crippen LogP contribution >= 0.6 is 34.7 Å². The smallest absolute Gasteiger partial charge is 0.339 e. The third-order valence-corrected chi connectivity index (χ3v) is 5.40. The SMILES string of the molecule is COC(=O)c1csc2cnc(C(C)Sc3nc(N)cc(Cl)n3)cc12. The topological polar surface area (TPSA) is 91.0 Å². The van der Waals surface area contributed by atoms with Crippen LogP contribution in [0, 0.1) is 0 Å². The Balaban J connectivity index is 1.91. The first kappa shape index (κ1) is 16.9. The lowest BCUT2D eigenvalue weighted by Crippen LogP contribution is -2.01. The molecular formula is C15H13ClN4O2S2. The molecule has 1 atom stereocenters. The van der Waals surface area contributed by atoms with Crippen LogP contribution in [0.2, 0.25) is 5.15 Å². The summed E-state index contributed by atoms with van der Waals surface area (Å²) in [6, 6.07) is 3.39. The van der Waals surface area contributed by atoms with Crippen LogP contribution in [0.25, 0.3) is 10.1 Å². The van der Waals surface area contributed by atoms with Crippen LogP contribution in [0.3, 0.4) is 0 Å². The van der Waals surface area contributed by atoms with Crippen molar-refractivity contribution in [3.63, 3.8) is 0 Å². The molecule has 0 aliphatic heterocycles. The van der Waals surface area contributed by atoms with Gasteiger partial charge in [0.15, 0.2) is 5.16 Å². The zero-order valence-electron chi connectivity index (χ0n) is 12.8. The standard InChI is InChI=1S/C15H13ClN4O2S2/c1-7(24-15-19-12(16)4-13(17)20-15)10-3-8-9(14(21)22-2)6-23-11(8)5-18-10/h3-7H,1-2H3,(H2,17,19,20). The van der Waals surface area contributed by atoms with Crippen LogP contribution < -0.4 is 5.73 Å². The van der Waals surface area contributed by atoms with E-state index in [2.05, 4.69) is 15.0 Å². The molecule has 124 valence electrons. The lowest BCUT2D eigenvalue weighted by atomic mass is 10.1. The number of carbonyl (C=O) groups is 1. The van der Waals surface area contributed by atoms with Gasteiger partial charge in [0.2, 0.25) is 0 Å². The van der Waals surface area contributed by atoms with E-state index in [4.69, 9.17) is 22.1 Å². The van der Waals surface area contributed by atoms with Crippen molar-refractivity contribution in [2.75, 3.05) is 12.8 Å². The molecule has 3 aromatic rings. The zero-order chi connectivity index (χ0) is 17.3. The first-order valence-corrected chi connectivity index (χ1v) is 9.04. The molecule has 3 heterocycles. The number of anilines is 1. The maximum absolute atomic E-state index is 11.8. The van der Waals surface area contributed by atoms with Gasteiger partial charge in [-0.3, -0.25) is 4.98 Å². The Labute approximate surface area is 151 Å². The largest absolute Gasteiger partial charge is 0.465 e. The average molecular weight is 381 g/mol. The van der Waals surface area contributed by atoms with E-state index < -0.39 is 0 Å². The van der Waals surface area contributed by atoms with E-state index in [9.17, 15) is 4.79 Å². The number of nitrogens with zero attached hydrogens (tertiary/aromatic N) is 3. The molecular weight excluding hydrogens is 368 g/mol. The van der Waals surface area contributed by atoms with E-state index >= 15 is 0 Å². The van der Waals surface area contributed by atoms with Crippen molar-refractivity contribution in [2.45, 2.75) is 17.3 Å². The number of hydrogen-bond acceptors (Lipinski definition) is 8. The minimum Gasteiger partial charge on any atom is -0.465 e. The Hall–Kier alpha value is -1.90. The summed E-state index contributed by atoms with van der Waals surface area (Å²) in [5.74, 6) is -0.0384. The Bertz CT molecular complexity index is 895. The summed E-state index contributed by atoms with van der Waals surface area (Å²) in [5.41, 5.74) is 7.04. The van der Waals surface area contributed by atoms with Gasteiger partial charge in [0.05, 0.1) is 28.3 Å². The number of thiophene rings is 1. The van der Waals surface area contributed by atoms with Gasteiger partial charge in [-0.1, -0.05) is 23.4 Å². The summed E-state index contributed by atoms with van der Waals surface area (Å²) in [7, 11) is 1.37. The highest BCUT2D eigenvalue weighted by Crippen LogP contribution is 2.35. The molecule has 0 saturated carbocycles. The molecule has 0 radical (unpaired) electrons. The van der Waals surface area contributed by atoms with Gasteiger partial charge in [-0.15, -0.1) is 11.3 Å². The number of methoxy groups -OCH3 is 1. The Kier molecular flexibility index (Phi) is 4.88. The van der Waals surface area contributed by atoms with Crippen molar-refractivity contribution in [2.24, 2.45) is 0 Å². The first-order valence-electron chi connectivity index (χ1n) is 6.90. The molecule has 0 fully saturated rings. The number of carbonyl (C=O) groups excluding carboxylic acids is 1. The summed E-state index contributed by atoms with van der Waals surface area (Å²) in [5, 5.41) is 3.34. The third kappa shape index (κ3) is 3.45. The highest BCUT2D eigenvalue weighted by molar-refractivity contribution is 7.99. The molecule has 1 unspecified atom stereocenters. The number of hydrogen-bond donors (Lipinski definition) is 1. The maximum Gasteiger partial charge on any atom is 0.339 e. The highest BCUT2D eigenvalue weighted by Gasteiger charge is 2.17. The van der Waals surface area contributed by atoms with Crippen molar-refractivity contribution < 1.29 is 9.53 Å². The van der Waals surface area contributed by atoms with Crippen LogP contribution in [-0.2, 0) is 4.74 Å². The second kappa shape index (κ2) is 6.92. The van der Waals surface area contributed by atoms with Crippen LogP contribution in [0.5, 0.6) is 0 Å². The number of esters is 1. The molecule has 0 aliphatic carbocycles. The molecule has 0 spiro atoms. The average Bonchev–Trinajstić information content (AvgIpc) is 2.96. The monoisotopic (exact) mass is 380 g/mol. The quantitative estimate of drug-likeness (QED) is 0.317. The van der Waals surface area contributed by atoms with Gasteiger partial charge >= 0.3 is 5.97 Å². The number of ether oxygens (including phenoxy) is 1. The lowest BCUT2D eigenvalue weighted by Gasteiger charge is -2.10. The van der Waals surface area contributed by atoms with Crippen LogP contribution in [0.15, 0.2) is 28.9 Å². The number of fused-ring (bicyclic) bond motifs is 1. The summed E-state index contributed by atoms with van der Waals surface area (Å²) in [6.07, 6.45) is 1.76. The second-order valence-corrected chi connectivity index (χ2v) is 7.51. The molecule has 6 nitrogen and oxygen atoms in total. The van der Waals surface area contributed by atoms with Gasteiger partial charge in [-0.05, 0) is 13.0 Å². The van der Waals surface area contributed by atoms with Gasteiger partial charge in [0.25, 0.3) is 0 Å². The molecule has 3 rings (SSSR count). The number of aromatic nitrogens is 3. The molecule has 9 heteroatoms. The minimum absolute atomic E-state index is 0.0438. The molecule has 0 bridgehead atoms. The summed E-state index contributed by atoms with van der Waals surface area (Å²) < 4.78 is 5.75.